The standard InChI is InChI=1S/C28H31NO3S/c1-22-15-17-25(18-16-22)33(30,31)29(2)28-26(24-13-7-4-8-14-24)19-20-27(28)32-21-9-12-23-10-5-3-6-11-23/h3-8,10-11,13-18,27H,9,12,19-21H2,1-2H3/t27-/m0/s1. The van der Waals surface area contributed by atoms with Gasteiger partial charge in [-0.2, -0.15) is 0 Å². The molecule has 4 nitrogen and oxygen atoms in total. The van der Waals surface area contributed by atoms with Crippen LogP contribution in [0.4, 0.5) is 0 Å². The molecule has 33 heavy (non-hydrogen) atoms. The Morgan fingerprint density at radius 1 is 0.909 bits per heavy atom. The number of rotatable bonds is 9. The quantitative estimate of drug-likeness (QED) is 0.376. The van der Waals surface area contributed by atoms with Crippen LogP contribution in [0.1, 0.15) is 36.0 Å². The average molecular weight is 462 g/mol. The zero-order valence-corrected chi connectivity index (χ0v) is 20.1. The van der Waals surface area contributed by atoms with E-state index in [0.29, 0.717) is 11.5 Å². The van der Waals surface area contributed by atoms with Crippen LogP contribution in [0.25, 0.3) is 5.57 Å². The predicted octanol–water partition coefficient (Wildman–Crippen LogP) is 5.84. The molecule has 3 aromatic rings. The summed E-state index contributed by atoms with van der Waals surface area (Å²) in [7, 11) is -2.04. The summed E-state index contributed by atoms with van der Waals surface area (Å²) in [4.78, 5) is 0.297. The smallest absolute Gasteiger partial charge is 0.263 e. The summed E-state index contributed by atoms with van der Waals surface area (Å²) in [5, 5.41) is 0. The van der Waals surface area contributed by atoms with E-state index in [9.17, 15) is 8.42 Å². The Balaban J connectivity index is 1.58. The largest absolute Gasteiger partial charge is 0.372 e. The molecular formula is C28H31NO3S. The Morgan fingerprint density at radius 2 is 1.55 bits per heavy atom. The molecule has 0 amide bonds. The van der Waals surface area contributed by atoms with Crippen molar-refractivity contribution in [3.8, 4) is 0 Å². The van der Waals surface area contributed by atoms with E-state index < -0.39 is 10.0 Å². The van der Waals surface area contributed by atoms with Crippen LogP contribution in [-0.2, 0) is 21.2 Å². The van der Waals surface area contributed by atoms with Gasteiger partial charge in [-0.05, 0) is 61.4 Å². The van der Waals surface area contributed by atoms with E-state index in [0.717, 1.165) is 48.1 Å². The summed E-state index contributed by atoms with van der Waals surface area (Å²) in [6.45, 7) is 2.54. The molecule has 0 bridgehead atoms. The van der Waals surface area contributed by atoms with Crippen molar-refractivity contribution in [1.29, 1.82) is 0 Å². The molecule has 0 radical (unpaired) electrons. The number of sulfonamides is 1. The fourth-order valence-corrected chi connectivity index (χ4v) is 5.65. The fourth-order valence-electron chi connectivity index (χ4n) is 4.37. The van der Waals surface area contributed by atoms with E-state index in [-0.39, 0.29) is 6.10 Å². The van der Waals surface area contributed by atoms with E-state index in [1.165, 1.54) is 9.87 Å². The van der Waals surface area contributed by atoms with E-state index in [2.05, 4.69) is 12.1 Å². The van der Waals surface area contributed by atoms with Gasteiger partial charge in [0, 0.05) is 13.7 Å². The van der Waals surface area contributed by atoms with Gasteiger partial charge >= 0.3 is 0 Å². The molecule has 1 aliphatic carbocycles. The maximum absolute atomic E-state index is 13.5. The normalized spacial score (nSPS) is 16.2. The van der Waals surface area contributed by atoms with Crippen molar-refractivity contribution in [2.24, 2.45) is 0 Å². The SMILES string of the molecule is Cc1ccc(S(=O)(=O)N(C)C2=C(c3ccccc3)CC[C@@H]2OCCCc2ccccc2)cc1. The predicted molar refractivity (Wildman–Crippen MR) is 133 cm³/mol. The minimum absolute atomic E-state index is 0.249. The lowest BCUT2D eigenvalue weighted by Crippen LogP contribution is -2.32. The Hall–Kier alpha value is -2.89. The Labute approximate surface area is 197 Å². The first kappa shape index (κ1) is 23.3. The number of likely N-dealkylation sites (N-methyl/N-ethyl adjacent to an activating group) is 1. The highest BCUT2D eigenvalue weighted by molar-refractivity contribution is 7.89. The minimum atomic E-state index is -3.69. The van der Waals surface area contributed by atoms with Gasteiger partial charge in [0.05, 0.1) is 16.7 Å². The van der Waals surface area contributed by atoms with E-state index >= 15 is 0 Å². The second-order valence-electron chi connectivity index (χ2n) is 8.50. The molecule has 0 saturated carbocycles. The molecule has 0 aromatic heterocycles. The molecule has 0 heterocycles. The zero-order chi connectivity index (χ0) is 23.3. The molecule has 3 aromatic carbocycles. The molecular weight excluding hydrogens is 430 g/mol. The van der Waals surface area contributed by atoms with Gasteiger partial charge in [-0.1, -0.05) is 78.4 Å². The van der Waals surface area contributed by atoms with Gasteiger partial charge < -0.3 is 4.74 Å². The summed E-state index contributed by atoms with van der Waals surface area (Å²) < 4.78 is 34.7. The fraction of sp³-hybridized carbons (Fsp3) is 0.286. The number of hydrogen-bond acceptors (Lipinski definition) is 3. The van der Waals surface area contributed by atoms with Crippen molar-refractivity contribution in [3.63, 3.8) is 0 Å². The van der Waals surface area contributed by atoms with Gasteiger partial charge in [0.25, 0.3) is 10.0 Å². The number of nitrogens with zero attached hydrogens (tertiary/aromatic N) is 1. The first-order valence-electron chi connectivity index (χ1n) is 11.5. The highest BCUT2D eigenvalue weighted by Gasteiger charge is 2.35. The molecule has 4 rings (SSSR count). The molecule has 0 saturated heterocycles. The van der Waals surface area contributed by atoms with Gasteiger partial charge in [-0.25, -0.2) is 8.42 Å². The number of benzene rings is 3. The van der Waals surface area contributed by atoms with Crippen molar-refractivity contribution >= 4 is 15.6 Å². The molecule has 5 heteroatoms. The van der Waals surface area contributed by atoms with Crippen LogP contribution >= 0.6 is 0 Å². The molecule has 1 aliphatic rings. The van der Waals surface area contributed by atoms with Crippen LogP contribution in [0.3, 0.4) is 0 Å². The van der Waals surface area contributed by atoms with Gasteiger partial charge in [-0.3, -0.25) is 4.31 Å². The van der Waals surface area contributed by atoms with E-state index in [1.807, 2.05) is 67.6 Å². The number of hydrogen-bond donors (Lipinski definition) is 0. The first-order valence-corrected chi connectivity index (χ1v) is 12.9. The van der Waals surface area contributed by atoms with Crippen molar-refractivity contribution in [2.75, 3.05) is 13.7 Å². The van der Waals surface area contributed by atoms with Gasteiger partial charge in [-0.15, -0.1) is 0 Å². The number of ether oxygens (including phenoxy) is 1. The van der Waals surface area contributed by atoms with E-state index in [1.54, 1.807) is 19.2 Å². The van der Waals surface area contributed by atoms with Crippen LogP contribution in [0.2, 0.25) is 0 Å². The van der Waals surface area contributed by atoms with Gasteiger partial charge in [0.15, 0.2) is 0 Å². The third-order valence-corrected chi connectivity index (χ3v) is 7.97. The van der Waals surface area contributed by atoms with Crippen molar-refractivity contribution < 1.29 is 13.2 Å². The van der Waals surface area contributed by atoms with Crippen molar-refractivity contribution in [2.45, 2.75) is 43.6 Å². The second kappa shape index (κ2) is 10.4. The monoisotopic (exact) mass is 461 g/mol. The molecule has 172 valence electrons. The lowest BCUT2D eigenvalue weighted by molar-refractivity contribution is 0.0671. The summed E-state index contributed by atoms with van der Waals surface area (Å²) in [6, 6.07) is 27.4. The lowest BCUT2D eigenvalue weighted by Gasteiger charge is -2.27. The molecule has 0 unspecified atom stereocenters. The van der Waals surface area contributed by atoms with Gasteiger partial charge in [0.2, 0.25) is 0 Å². The van der Waals surface area contributed by atoms with Crippen LogP contribution in [0, 0.1) is 6.92 Å². The maximum atomic E-state index is 13.5. The maximum Gasteiger partial charge on any atom is 0.263 e. The van der Waals surface area contributed by atoms with Crippen LogP contribution in [0.5, 0.6) is 0 Å². The third kappa shape index (κ3) is 5.37. The van der Waals surface area contributed by atoms with Gasteiger partial charge in [0.1, 0.15) is 0 Å². The summed E-state index contributed by atoms with van der Waals surface area (Å²) in [6.07, 6.45) is 3.15. The summed E-state index contributed by atoms with van der Waals surface area (Å²) in [5.41, 5.74) is 5.16. The van der Waals surface area contributed by atoms with Crippen LogP contribution in [0.15, 0.2) is 95.5 Å². The van der Waals surface area contributed by atoms with Crippen molar-refractivity contribution in [3.05, 3.63) is 107 Å². The van der Waals surface area contributed by atoms with E-state index in [4.69, 9.17) is 4.74 Å². The minimum Gasteiger partial charge on any atom is -0.372 e. The van der Waals surface area contributed by atoms with Crippen molar-refractivity contribution in [1.82, 2.24) is 4.31 Å². The molecule has 0 spiro atoms. The topological polar surface area (TPSA) is 46.6 Å². The molecule has 0 aliphatic heterocycles. The molecule has 0 N–H and O–H groups in total. The summed E-state index contributed by atoms with van der Waals surface area (Å²) >= 11 is 0. The Bertz CT molecular complexity index is 1190. The summed E-state index contributed by atoms with van der Waals surface area (Å²) in [5.74, 6) is 0. The lowest BCUT2D eigenvalue weighted by atomic mass is 10.0. The molecule has 0 fully saturated rings. The highest BCUT2D eigenvalue weighted by Crippen LogP contribution is 2.39. The number of aryl methyl sites for hydroxylation is 2. The van der Waals surface area contributed by atoms with Crippen LogP contribution < -0.4 is 0 Å². The number of allylic oxidation sites excluding steroid dienone is 1. The zero-order valence-electron chi connectivity index (χ0n) is 19.3. The first-order chi connectivity index (χ1) is 16.0. The third-order valence-electron chi connectivity index (χ3n) is 6.18. The second-order valence-corrected chi connectivity index (χ2v) is 10.5. The average Bonchev–Trinajstić information content (AvgIpc) is 3.26. The highest BCUT2D eigenvalue weighted by atomic mass is 32.2. The molecule has 1 atom stereocenters. The van der Waals surface area contributed by atoms with Crippen LogP contribution in [-0.4, -0.2) is 32.5 Å². The Kier molecular flexibility index (Phi) is 7.31. The Morgan fingerprint density at radius 3 is 2.21 bits per heavy atom.